The lowest BCUT2D eigenvalue weighted by atomic mass is 10.1. The second-order valence-electron chi connectivity index (χ2n) is 6.93. The van der Waals surface area contributed by atoms with Gasteiger partial charge in [0, 0.05) is 38.8 Å². The molecule has 6 nitrogen and oxygen atoms in total. The molecule has 2 aliphatic rings. The van der Waals surface area contributed by atoms with E-state index < -0.39 is 0 Å². The van der Waals surface area contributed by atoms with Gasteiger partial charge in [-0.05, 0) is 30.9 Å². The van der Waals surface area contributed by atoms with Crippen molar-refractivity contribution in [2.24, 2.45) is 0 Å². The largest absolute Gasteiger partial charge is 0.361 e. The topological polar surface area (TPSA) is 61.6 Å². The van der Waals surface area contributed by atoms with Gasteiger partial charge < -0.3 is 14.7 Å². The van der Waals surface area contributed by atoms with Crippen molar-refractivity contribution in [3.8, 4) is 0 Å². The normalized spacial score (nSPS) is 20.5. The fraction of sp³-hybridized carbons (Fsp3) is 0.474. The molecule has 0 bridgehead atoms. The maximum atomic E-state index is 12.6. The number of piperazine rings is 1. The molecule has 1 aliphatic heterocycles. The van der Waals surface area contributed by atoms with E-state index in [1.165, 1.54) is 11.1 Å². The number of rotatable bonds is 3. The zero-order valence-corrected chi connectivity index (χ0v) is 14.6. The van der Waals surface area contributed by atoms with Crippen molar-refractivity contribution in [1.82, 2.24) is 20.3 Å². The lowest BCUT2D eigenvalue weighted by Crippen LogP contribution is -2.51. The van der Waals surface area contributed by atoms with Crippen LogP contribution in [0.2, 0.25) is 0 Å². The van der Waals surface area contributed by atoms with Gasteiger partial charge in [-0.1, -0.05) is 29.4 Å². The average Bonchev–Trinajstić information content (AvgIpc) is 3.22. The van der Waals surface area contributed by atoms with E-state index in [1.807, 2.05) is 24.0 Å². The Morgan fingerprint density at radius 2 is 2.08 bits per heavy atom. The highest BCUT2D eigenvalue weighted by atomic mass is 16.5. The molecule has 1 atom stereocenters. The first-order valence-corrected chi connectivity index (χ1v) is 8.97. The van der Waals surface area contributed by atoms with E-state index >= 15 is 0 Å². The molecule has 0 unspecified atom stereocenters. The van der Waals surface area contributed by atoms with Crippen LogP contribution in [0.4, 0.5) is 4.79 Å². The third-order valence-electron chi connectivity index (χ3n) is 5.15. The van der Waals surface area contributed by atoms with Crippen LogP contribution in [0.3, 0.4) is 0 Å². The van der Waals surface area contributed by atoms with Crippen LogP contribution < -0.4 is 5.32 Å². The highest BCUT2D eigenvalue weighted by Crippen LogP contribution is 2.30. The minimum Gasteiger partial charge on any atom is -0.361 e. The smallest absolute Gasteiger partial charge is 0.317 e. The predicted molar refractivity (Wildman–Crippen MR) is 94.1 cm³/mol. The lowest BCUT2D eigenvalue weighted by Gasteiger charge is -2.34. The molecule has 0 radical (unpaired) electrons. The molecule has 4 rings (SSSR count). The summed E-state index contributed by atoms with van der Waals surface area (Å²) in [6, 6.07) is 10.6. The standard InChI is InChI=1S/C19H24N4O2/c1-14-12-16(21-25-14)13-22-8-10-23(11-9-22)19(24)20-18-7-6-15-4-2-3-5-17(15)18/h2-5,12,18H,6-11,13H2,1H3,(H,20,24)/t18-/m0/s1. The summed E-state index contributed by atoms with van der Waals surface area (Å²) in [4.78, 5) is 16.8. The molecule has 0 spiro atoms. The Bertz CT molecular complexity index is 749. The number of carbonyl (C=O) groups is 1. The van der Waals surface area contributed by atoms with E-state index in [4.69, 9.17) is 4.52 Å². The first-order valence-electron chi connectivity index (χ1n) is 8.97. The van der Waals surface area contributed by atoms with Gasteiger partial charge in [0.25, 0.3) is 0 Å². The van der Waals surface area contributed by atoms with Crippen molar-refractivity contribution in [2.75, 3.05) is 26.2 Å². The number of nitrogens with zero attached hydrogens (tertiary/aromatic N) is 3. The Balaban J connectivity index is 1.28. The first kappa shape index (κ1) is 16.1. The van der Waals surface area contributed by atoms with Gasteiger partial charge in [-0.3, -0.25) is 4.90 Å². The minimum atomic E-state index is 0.0543. The molecule has 1 fully saturated rings. The number of hydrogen-bond acceptors (Lipinski definition) is 4. The Morgan fingerprint density at radius 1 is 1.28 bits per heavy atom. The number of aromatic nitrogens is 1. The number of nitrogens with one attached hydrogen (secondary N) is 1. The van der Waals surface area contributed by atoms with E-state index in [1.54, 1.807) is 0 Å². The summed E-state index contributed by atoms with van der Waals surface area (Å²) in [6.45, 7) is 5.90. The van der Waals surface area contributed by atoms with Crippen LogP contribution in [-0.2, 0) is 13.0 Å². The van der Waals surface area contributed by atoms with Gasteiger partial charge in [0.05, 0.1) is 11.7 Å². The van der Waals surface area contributed by atoms with Crippen molar-refractivity contribution in [2.45, 2.75) is 32.4 Å². The second-order valence-corrected chi connectivity index (χ2v) is 6.93. The van der Waals surface area contributed by atoms with Crippen LogP contribution >= 0.6 is 0 Å². The summed E-state index contributed by atoms with van der Waals surface area (Å²) in [5.74, 6) is 0.838. The van der Waals surface area contributed by atoms with Crippen LogP contribution in [0, 0.1) is 6.92 Å². The second kappa shape index (κ2) is 6.88. The fourth-order valence-electron chi connectivity index (χ4n) is 3.78. The van der Waals surface area contributed by atoms with Gasteiger partial charge in [-0.25, -0.2) is 4.79 Å². The number of carbonyl (C=O) groups excluding carboxylic acids is 1. The van der Waals surface area contributed by atoms with Gasteiger partial charge in [-0.2, -0.15) is 0 Å². The number of fused-ring (bicyclic) bond motifs is 1. The molecule has 2 heterocycles. The highest BCUT2D eigenvalue weighted by Gasteiger charge is 2.27. The monoisotopic (exact) mass is 340 g/mol. The van der Waals surface area contributed by atoms with Crippen LogP contribution in [0.5, 0.6) is 0 Å². The molecule has 1 aromatic carbocycles. The lowest BCUT2D eigenvalue weighted by molar-refractivity contribution is 0.131. The summed E-state index contributed by atoms with van der Waals surface area (Å²) in [7, 11) is 0. The Morgan fingerprint density at radius 3 is 2.84 bits per heavy atom. The number of urea groups is 1. The highest BCUT2D eigenvalue weighted by molar-refractivity contribution is 5.75. The Hall–Kier alpha value is -2.34. The molecule has 1 aliphatic carbocycles. The van der Waals surface area contributed by atoms with Crippen molar-refractivity contribution < 1.29 is 9.32 Å². The van der Waals surface area contributed by atoms with Gasteiger partial charge in [0.2, 0.25) is 0 Å². The molecule has 25 heavy (non-hydrogen) atoms. The van der Waals surface area contributed by atoms with Gasteiger partial charge in [-0.15, -0.1) is 0 Å². The Labute approximate surface area is 147 Å². The fourth-order valence-corrected chi connectivity index (χ4v) is 3.78. The number of aryl methyl sites for hydroxylation is 2. The van der Waals surface area contributed by atoms with Crippen molar-refractivity contribution in [1.29, 1.82) is 0 Å². The molecule has 0 saturated carbocycles. The quantitative estimate of drug-likeness (QED) is 0.932. The third-order valence-corrected chi connectivity index (χ3v) is 5.15. The van der Waals surface area contributed by atoms with Crippen LogP contribution in [0.25, 0.3) is 0 Å². The SMILES string of the molecule is Cc1cc(CN2CCN(C(=O)N[C@H]3CCc4ccccc43)CC2)no1. The molecule has 2 amide bonds. The van der Waals surface area contributed by atoms with Gasteiger partial charge in [0.1, 0.15) is 5.76 Å². The first-order chi connectivity index (χ1) is 12.2. The molecular formula is C19H24N4O2. The zero-order valence-electron chi connectivity index (χ0n) is 14.6. The summed E-state index contributed by atoms with van der Waals surface area (Å²) < 4.78 is 5.12. The maximum Gasteiger partial charge on any atom is 0.317 e. The summed E-state index contributed by atoms with van der Waals surface area (Å²) in [5, 5.41) is 7.26. The van der Waals surface area contributed by atoms with Crippen LogP contribution in [0.1, 0.15) is 35.0 Å². The molecule has 1 saturated heterocycles. The third kappa shape index (κ3) is 3.54. The predicted octanol–water partition coefficient (Wildman–Crippen LogP) is 2.50. The Kier molecular flexibility index (Phi) is 4.44. The maximum absolute atomic E-state index is 12.6. The summed E-state index contributed by atoms with van der Waals surface area (Å²) in [5.41, 5.74) is 3.59. The van der Waals surface area contributed by atoms with E-state index in [9.17, 15) is 4.79 Å². The minimum absolute atomic E-state index is 0.0543. The van der Waals surface area contributed by atoms with Crippen molar-refractivity contribution >= 4 is 6.03 Å². The molecule has 6 heteroatoms. The summed E-state index contributed by atoms with van der Waals surface area (Å²) >= 11 is 0. The molecule has 2 aromatic rings. The van der Waals surface area contributed by atoms with E-state index in [2.05, 4.69) is 33.6 Å². The van der Waals surface area contributed by atoms with Crippen LogP contribution in [0.15, 0.2) is 34.9 Å². The van der Waals surface area contributed by atoms with E-state index in [0.717, 1.165) is 57.0 Å². The van der Waals surface area contributed by atoms with E-state index in [-0.39, 0.29) is 12.1 Å². The zero-order chi connectivity index (χ0) is 17.2. The van der Waals surface area contributed by atoms with Gasteiger partial charge >= 0.3 is 6.03 Å². The molecule has 1 aromatic heterocycles. The molecule has 132 valence electrons. The summed E-state index contributed by atoms with van der Waals surface area (Å²) in [6.07, 6.45) is 2.04. The molecular weight excluding hydrogens is 316 g/mol. The van der Waals surface area contributed by atoms with Crippen molar-refractivity contribution in [3.05, 3.63) is 52.9 Å². The van der Waals surface area contributed by atoms with Crippen molar-refractivity contribution in [3.63, 3.8) is 0 Å². The number of hydrogen-bond donors (Lipinski definition) is 1. The number of amides is 2. The van der Waals surface area contributed by atoms with E-state index in [0.29, 0.717) is 0 Å². The van der Waals surface area contributed by atoms with Crippen LogP contribution in [-0.4, -0.2) is 47.2 Å². The number of benzene rings is 1. The molecule has 1 N–H and O–H groups in total. The van der Waals surface area contributed by atoms with Gasteiger partial charge in [0.15, 0.2) is 0 Å². The average molecular weight is 340 g/mol.